The van der Waals surface area contributed by atoms with Crippen LogP contribution < -0.4 is 11.5 Å². The quantitative estimate of drug-likeness (QED) is 0.795. The third kappa shape index (κ3) is 1.69. The van der Waals surface area contributed by atoms with Crippen LogP contribution in [0.4, 0.5) is 11.5 Å². The van der Waals surface area contributed by atoms with Crippen molar-refractivity contribution in [2.24, 2.45) is 0 Å². The Morgan fingerprint density at radius 2 is 2.00 bits per heavy atom. The van der Waals surface area contributed by atoms with Gasteiger partial charge in [0.25, 0.3) is 0 Å². The lowest BCUT2D eigenvalue weighted by molar-refractivity contribution is 1.34. The fourth-order valence-electron chi connectivity index (χ4n) is 1.16. The summed E-state index contributed by atoms with van der Waals surface area (Å²) >= 11 is 3.97. The number of anilines is 2. The largest absolute Gasteiger partial charge is 0.395 e. The van der Waals surface area contributed by atoms with Gasteiger partial charge in [-0.05, 0) is 40.8 Å². The Hall–Kier alpha value is -0.820. The molecule has 0 radical (unpaired) electrons. The highest BCUT2D eigenvalue weighted by molar-refractivity contribution is 14.1. The molecule has 4 N–H and O–H groups in total. The first-order valence-corrected chi connectivity index (χ1v) is 5.83. The zero-order chi connectivity index (χ0) is 10.1. The Bertz CT molecular complexity index is 467. The molecule has 0 amide bonds. The van der Waals surface area contributed by atoms with E-state index in [1.54, 1.807) is 17.5 Å². The molecule has 0 atom stereocenters. The molecule has 2 aromatic heterocycles. The number of nitrogens with zero attached hydrogens (tertiary/aromatic N) is 1. The van der Waals surface area contributed by atoms with Gasteiger partial charge in [0.05, 0.1) is 8.57 Å². The molecular formula is C9H8IN3S. The first-order valence-electron chi connectivity index (χ1n) is 3.94. The molecule has 0 saturated heterocycles. The van der Waals surface area contributed by atoms with Gasteiger partial charge < -0.3 is 11.5 Å². The Balaban J connectivity index is 2.57. The van der Waals surface area contributed by atoms with Crippen molar-refractivity contribution in [2.75, 3.05) is 11.5 Å². The number of rotatable bonds is 1. The zero-order valence-corrected chi connectivity index (χ0v) is 10.2. The maximum absolute atomic E-state index is 5.84. The summed E-state index contributed by atoms with van der Waals surface area (Å²) in [7, 11) is 0. The highest BCUT2D eigenvalue weighted by Crippen LogP contribution is 2.34. The highest BCUT2D eigenvalue weighted by Gasteiger charge is 2.07. The topological polar surface area (TPSA) is 64.9 Å². The third-order valence-electron chi connectivity index (χ3n) is 1.86. The van der Waals surface area contributed by atoms with E-state index in [2.05, 4.69) is 33.6 Å². The summed E-state index contributed by atoms with van der Waals surface area (Å²) in [5.74, 6) is 0.394. The summed E-state index contributed by atoms with van der Waals surface area (Å²) in [6, 6.07) is 5.97. The number of pyridine rings is 1. The van der Waals surface area contributed by atoms with E-state index < -0.39 is 0 Å². The van der Waals surface area contributed by atoms with E-state index >= 15 is 0 Å². The van der Waals surface area contributed by atoms with Crippen molar-refractivity contribution in [3.8, 4) is 10.4 Å². The van der Waals surface area contributed by atoms with Gasteiger partial charge in [0, 0.05) is 16.6 Å². The summed E-state index contributed by atoms with van der Waals surface area (Å²) in [6.45, 7) is 0. The molecule has 0 unspecified atom stereocenters. The molecule has 14 heavy (non-hydrogen) atoms. The Morgan fingerprint density at radius 1 is 1.21 bits per heavy atom. The normalized spacial score (nSPS) is 10.4. The monoisotopic (exact) mass is 317 g/mol. The zero-order valence-electron chi connectivity index (χ0n) is 7.20. The van der Waals surface area contributed by atoms with E-state index in [0.717, 1.165) is 10.4 Å². The van der Waals surface area contributed by atoms with E-state index in [1.165, 1.54) is 2.88 Å². The van der Waals surface area contributed by atoms with Crippen LogP contribution in [-0.2, 0) is 0 Å². The van der Waals surface area contributed by atoms with Crippen molar-refractivity contribution in [1.82, 2.24) is 4.98 Å². The number of nitrogen functional groups attached to an aromatic ring is 2. The van der Waals surface area contributed by atoms with Gasteiger partial charge in [-0.15, -0.1) is 11.3 Å². The van der Waals surface area contributed by atoms with Crippen LogP contribution in [0.2, 0.25) is 0 Å². The molecule has 0 spiro atoms. The van der Waals surface area contributed by atoms with E-state index in [1.807, 2.05) is 12.1 Å². The Kier molecular flexibility index (Phi) is 2.60. The molecule has 0 aliphatic carbocycles. The molecule has 2 aromatic rings. The molecule has 2 heterocycles. The van der Waals surface area contributed by atoms with Gasteiger partial charge in [-0.2, -0.15) is 0 Å². The fraction of sp³-hybridized carbons (Fsp3) is 0. The maximum atomic E-state index is 5.84. The van der Waals surface area contributed by atoms with E-state index in [4.69, 9.17) is 11.5 Å². The lowest BCUT2D eigenvalue weighted by Crippen LogP contribution is -1.98. The van der Waals surface area contributed by atoms with Crippen molar-refractivity contribution in [2.45, 2.75) is 0 Å². The van der Waals surface area contributed by atoms with Gasteiger partial charge in [-0.3, -0.25) is 0 Å². The molecule has 72 valence electrons. The van der Waals surface area contributed by atoms with Gasteiger partial charge in [-0.25, -0.2) is 4.98 Å². The molecule has 0 bridgehead atoms. The number of aromatic nitrogens is 1. The average molecular weight is 317 g/mol. The number of nitrogens with two attached hydrogens (primary N) is 2. The molecule has 3 nitrogen and oxygen atoms in total. The number of hydrogen-bond donors (Lipinski definition) is 2. The molecule has 5 heteroatoms. The first-order chi connectivity index (χ1) is 6.68. The number of thiophene rings is 1. The van der Waals surface area contributed by atoms with E-state index in [9.17, 15) is 0 Å². The Labute approximate surface area is 99.3 Å². The smallest absolute Gasteiger partial charge is 0.147 e. The van der Waals surface area contributed by atoms with Crippen LogP contribution in [0.3, 0.4) is 0 Å². The van der Waals surface area contributed by atoms with Gasteiger partial charge in [-0.1, -0.05) is 0 Å². The van der Waals surface area contributed by atoms with Crippen molar-refractivity contribution in [3.05, 3.63) is 27.3 Å². The molecule has 0 aliphatic rings. The van der Waals surface area contributed by atoms with Crippen LogP contribution in [0, 0.1) is 2.88 Å². The van der Waals surface area contributed by atoms with Crippen LogP contribution in [0.25, 0.3) is 10.4 Å². The minimum atomic E-state index is 0.394. The molecule has 0 aliphatic heterocycles. The van der Waals surface area contributed by atoms with Gasteiger partial charge >= 0.3 is 0 Å². The van der Waals surface area contributed by atoms with Gasteiger partial charge in [0.1, 0.15) is 5.82 Å². The first kappa shape index (κ1) is 9.72. The Morgan fingerprint density at radius 3 is 2.64 bits per heavy atom. The van der Waals surface area contributed by atoms with Crippen LogP contribution in [-0.4, -0.2) is 4.98 Å². The van der Waals surface area contributed by atoms with Crippen molar-refractivity contribution in [3.63, 3.8) is 0 Å². The predicted molar refractivity (Wildman–Crippen MR) is 69.1 cm³/mol. The highest BCUT2D eigenvalue weighted by atomic mass is 127. The van der Waals surface area contributed by atoms with Crippen molar-refractivity contribution in [1.29, 1.82) is 0 Å². The SMILES string of the molecule is Nc1nccc(-c2ccc(I)s2)c1N. The van der Waals surface area contributed by atoms with Crippen molar-refractivity contribution < 1.29 is 0 Å². The predicted octanol–water partition coefficient (Wildman–Crippen LogP) is 2.58. The lowest BCUT2D eigenvalue weighted by atomic mass is 10.2. The lowest BCUT2D eigenvalue weighted by Gasteiger charge is -2.04. The van der Waals surface area contributed by atoms with Crippen LogP contribution in [0.5, 0.6) is 0 Å². The van der Waals surface area contributed by atoms with E-state index in [-0.39, 0.29) is 0 Å². The standard InChI is InChI=1S/C9H8IN3S/c10-7-2-1-6(14-7)5-3-4-13-9(12)8(5)11/h1-4H,11H2,(H2,12,13). The summed E-state index contributed by atoms with van der Waals surface area (Å²) < 4.78 is 1.23. The molecular weight excluding hydrogens is 309 g/mol. The van der Waals surface area contributed by atoms with Gasteiger partial charge in [0.2, 0.25) is 0 Å². The molecule has 2 rings (SSSR count). The third-order valence-corrected chi connectivity index (χ3v) is 3.79. The second kappa shape index (κ2) is 3.74. The fourth-order valence-corrected chi connectivity index (χ4v) is 2.83. The van der Waals surface area contributed by atoms with Crippen LogP contribution in [0.1, 0.15) is 0 Å². The maximum Gasteiger partial charge on any atom is 0.147 e. The van der Waals surface area contributed by atoms with Gasteiger partial charge in [0.15, 0.2) is 0 Å². The minimum absolute atomic E-state index is 0.394. The minimum Gasteiger partial charge on any atom is -0.395 e. The molecule has 0 saturated carbocycles. The summed E-state index contributed by atoms with van der Waals surface area (Å²) in [5.41, 5.74) is 13.0. The summed E-state index contributed by atoms with van der Waals surface area (Å²) in [4.78, 5) is 5.05. The number of halogens is 1. The summed E-state index contributed by atoms with van der Waals surface area (Å²) in [6.07, 6.45) is 1.67. The van der Waals surface area contributed by atoms with Crippen LogP contribution in [0.15, 0.2) is 24.4 Å². The van der Waals surface area contributed by atoms with Crippen molar-refractivity contribution >= 4 is 45.4 Å². The molecule has 0 aromatic carbocycles. The van der Waals surface area contributed by atoms with E-state index in [0.29, 0.717) is 11.5 Å². The number of hydrogen-bond acceptors (Lipinski definition) is 4. The average Bonchev–Trinajstić information content (AvgIpc) is 2.57. The van der Waals surface area contributed by atoms with Crippen LogP contribution >= 0.6 is 33.9 Å². The second-order valence-corrected chi connectivity index (χ2v) is 5.74. The second-order valence-electron chi connectivity index (χ2n) is 2.76. The molecule has 0 fully saturated rings. The summed E-state index contributed by atoms with van der Waals surface area (Å²) in [5, 5.41) is 0.